The lowest BCUT2D eigenvalue weighted by molar-refractivity contribution is 0.189. The quantitative estimate of drug-likeness (QED) is 0.312. The Bertz CT molecular complexity index is 975. The molecule has 3 rings (SSSR count). The Morgan fingerprint density at radius 3 is 2.73 bits per heavy atom. The van der Waals surface area contributed by atoms with Gasteiger partial charge in [-0.15, -0.1) is 0 Å². The summed E-state index contributed by atoms with van der Waals surface area (Å²) >= 11 is 13.6. The van der Waals surface area contributed by atoms with Gasteiger partial charge in [-0.25, -0.2) is 4.98 Å². The van der Waals surface area contributed by atoms with Crippen LogP contribution < -0.4 is 5.56 Å². The van der Waals surface area contributed by atoms with Gasteiger partial charge in [0.2, 0.25) is 0 Å². The summed E-state index contributed by atoms with van der Waals surface area (Å²) in [6.45, 7) is 1.14. The van der Waals surface area contributed by atoms with Gasteiger partial charge in [0, 0.05) is 36.1 Å². The number of benzene rings is 2. The zero-order valence-corrected chi connectivity index (χ0v) is 16.6. The van der Waals surface area contributed by atoms with Crippen molar-refractivity contribution in [3.8, 4) is 0 Å². The standard InChI is InChI=1S/C19H18Cl2N2O2S/c1-25-9-3-8-23-18(24)16-7-6-15(21)11-17(16)22-19(23)26-12-13-4-2-5-14(20)10-13/h2,4-7,10-11H,3,8-9,12H2,1H3. The molecule has 0 spiro atoms. The molecule has 3 aromatic rings. The molecule has 1 heterocycles. The molecule has 0 unspecified atom stereocenters. The molecule has 0 atom stereocenters. The van der Waals surface area contributed by atoms with Gasteiger partial charge in [0.15, 0.2) is 5.16 Å². The summed E-state index contributed by atoms with van der Waals surface area (Å²) in [6, 6.07) is 12.8. The van der Waals surface area contributed by atoms with E-state index in [1.165, 1.54) is 11.8 Å². The van der Waals surface area contributed by atoms with Crippen molar-refractivity contribution in [2.75, 3.05) is 13.7 Å². The summed E-state index contributed by atoms with van der Waals surface area (Å²) in [6.07, 6.45) is 0.738. The van der Waals surface area contributed by atoms with Gasteiger partial charge < -0.3 is 4.74 Å². The fourth-order valence-electron chi connectivity index (χ4n) is 2.62. The van der Waals surface area contributed by atoms with E-state index in [1.54, 1.807) is 29.9 Å². The first-order chi connectivity index (χ1) is 12.6. The maximum Gasteiger partial charge on any atom is 0.262 e. The molecule has 1 aromatic heterocycles. The zero-order valence-electron chi connectivity index (χ0n) is 14.2. The van der Waals surface area contributed by atoms with Crippen molar-refractivity contribution in [3.05, 3.63) is 68.4 Å². The molecule has 0 aliphatic heterocycles. The topological polar surface area (TPSA) is 44.1 Å². The van der Waals surface area contributed by atoms with Crippen LogP contribution in [0, 0.1) is 0 Å². The highest BCUT2D eigenvalue weighted by molar-refractivity contribution is 7.98. The number of halogens is 2. The Labute approximate surface area is 166 Å². The number of hydrogen-bond acceptors (Lipinski definition) is 4. The molecule has 0 N–H and O–H groups in total. The molecule has 136 valence electrons. The highest BCUT2D eigenvalue weighted by Crippen LogP contribution is 2.24. The number of methoxy groups -OCH3 is 1. The Morgan fingerprint density at radius 2 is 1.96 bits per heavy atom. The van der Waals surface area contributed by atoms with Gasteiger partial charge in [0.25, 0.3) is 5.56 Å². The molecular formula is C19H18Cl2N2O2S. The average Bonchev–Trinajstić information content (AvgIpc) is 2.62. The molecular weight excluding hydrogens is 391 g/mol. The molecule has 0 bridgehead atoms. The van der Waals surface area contributed by atoms with E-state index in [0.29, 0.717) is 45.0 Å². The lowest BCUT2D eigenvalue weighted by atomic mass is 10.2. The SMILES string of the molecule is COCCCn1c(SCc2cccc(Cl)c2)nc2cc(Cl)ccc2c1=O. The van der Waals surface area contributed by atoms with Gasteiger partial charge in [-0.1, -0.05) is 47.1 Å². The van der Waals surface area contributed by atoms with E-state index in [9.17, 15) is 4.79 Å². The Morgan fingerprint density at radius 1 is 1.15 bits per heavy atom. The molecule has 0 saturated carbocycles. The van der Waals surface area contributed by atoms with Gasteiger partial charge in [-0.05, 0) is 42.3 Å². The lowest BCUT2D eigenvalue weighted by Gasteiger charge is -2.13. The molecule has 0 amide bonds. The monoisotopic (exact) mass is 408 g/mol. The van der Waals surface area contributed by atoms with Crippen LogP contribution in [0.1, 0.15) is 12.0 Å². The van der Waals surface area contributed by atoms with Crippen LogP contribution in [0.2, 0.25) is 10.0 Å². The molecule has 4 nitrogen and oxygen atoms in total. The van der Waals surface area contributed by atoms with Crippen molar-refractivity contribution < 1.29 is 4.74 Å². The summed E-state index contributed by atoms with van der Waals surface area (Å²) in [5.74, 6) is 0.670. The molecule has 2 aromatic carbocycles. The van der Waals surface area contributed by atoms with Crippen LogP contribution in [-0.4, -0.2) is 23.3 Å². The molecule has 0 aliphatic carbocycles. The normalized spacial score (nSPS) is 11.2. The van der Waals surface area contributed by atoms with Crippen LogP contribution in [0.25, 0.3) is 10.9 Å². The average molecular weight is 409 g/mol. The second-order valence-electron chi connectivity index (χ2n) is 5.78. The minimum atomic E-state index is -0.0589. The van der Waals surface area contributed by atoms with Gasteiger partial charge >= 0.3 is 0 Å². The van der Waals surface area contributed by atoms with Crippen LogP contribution in [0.4, 0.5) is 0 Å². The van der Waals surface area contributed by atoms with Crippen molar-refractivity contribution in [2.24, 2.45) is 0 Å². The summed E-state index contributed by atoms with van der Waals surface area (Å²) < 4.78 is 6.83. The minimum absolute atomic E-state index is 0.0589. The third-order valence-corrected chi connectivity index (χ3v) is 5.39. The van der Waals surface area contributed by atoms with E-state index >= 15 is 0 Å². The fourth-order valence-corrected chi connectivity index (χ4v) is 3.97. The van der Waals surface area contributed by atoms with Crippen LogP contribution in [0.5, 0.6) is 0 Å². The smallest absolute Gasteiger partial charge is 0.262 e. The Balaban J connectivity index is 1.97. The second kappa shape index (κ2) is 8.91. The van der Waals surface area contributed by atoms with Gasteiger partial charge in [0.05, 0.1) is 10.9 Å². The van der Waals surface area contributed by atoms with E-state index in [0.717, 1.165) is 12.0 Å². The third-order valence-electron chi connectivity index (χ3n) is 3.87. The highest BCUT2D eigenvalue weighted by Gasteiger charge is 2.12. The summed E-state index contributed by atoms with van der Waals surface area (Å²) in [7, 11) is 1.65. The van der Waals surface area contributed by atoms with Gasteiger partial charge in [-0.2, -0.15) is 0 Å². The van der Waals surface area contributed by atoms with Crippen LogP contribution in [0.15, 0.2) is 52.4 Å². The molecule has 0 fully saturated rings. The van der Waals surface area contributed by atoms with E-state index in [-0.39, 0.29) is 5.56 Å². The van der Waals surface area contributed by atoms with Crippen molar-refractivity contribution in [1.82, 2.24) is 9.55 Å². The van der Waals surface area contributed by atoms with Crippen molar-refractivity contribution >= 4 is 45.9 Å². The first-order valence-corrected chi connectivity index (χ1v) is 9.89. The second-order valence-corrected chi connectivity index (χ2v) is 7.59. The first-order valence-electron chi connectivity index (χ1n) is 8.15. The van der Waals surface area contributed by atoms with E-state index in [1.807, 2.05) is 24.3 Å². The highest BCUT2D eigenvalue weighted by atomic mass is 35.5. The maximum atomic E-state index is 12.9. The van der Waals surface area contributed by atoms with Gasteiger partial charge in [0.1, 0.15) is 0 Å². The molecule has 26 heavy (non-hydrogen) atoms. The molecule has 0 saturated heterocycles. The fraction of sp³-hybridized carbons (Fsp3) is 0.263. The molecule has 7 heteroatoms. The number of hydrogen-bond donors (Lipinski definition) is 0. The zero-order chi connectivity index (χ0) is 18.5. The summed E-state index contributed by atoms with van der Waals surface area (Å²) in [5.41, 5.74) is 1.63. The number of fused-ring (bicyclic) bond motifs is 1. The number of ether oxygens (including phenoxy) is 1. The predicted octanol–water partition coefficient (Wildman–Crippen LogP) is 5.03. The van der Waals surface area contributed by atoms with Crippen LogP contribution in [-0.2, 0) is 17.0 Å². The third kappa shape index (κ3) is 4.60. The summed E-state index contributed by atoms with van der Waals surface area (Å²) in [5, 5.41) is 2.49. The van der Waals surface area contributed by atoms with Crippen molar-refractivity contribution in [3.63, 3.8) is 0 Å². The van der Waals surface area contributed by atoms with Crippen molar-refractivity contribution in [1.29, 1.82) is 0 Å². The minimum Gasteiger partial charge on any atom is -0.385 e. The van der Waals surface area contributed by atoms with E-state index < -0.39 is 0 Å². The van der Waals surface area contributed by atoms with Crippen LogP contribution in [0.3, 0.4) is 0 Å². The van der Waals surface area contributed by atoms with E-state index in [2.05, 4.69) is 4.98 Å². The molecule has 0 aliphatic rings. The van der Waals surface area contributed by atoms with Crippen LogP contribution >= 0.6 is 35.0 Å². The van der Waals surface area contributed by atoms with E-state index in [4.69, 9.17) is 27.9 Å². The summed E-state index contributed by atoms with van der Waals surface area (Å²) in [4.78, 5) is 17.6. The molecule has 0 radical (unpaired) electrons. The number of rotatable bonds is 7. The maximum absolute atomic E-state index is 12.9. The Kier molecular flexibility index (Phi) is 6.59. The predicted molar refractivity (Wildman–Crippen MR) is 109 cm³/mol. The number of aromatic nitrogens is 2. The van der Waals surface area contributed by atoms with Gasteiger partial charge in [-0.3, -0.25) is 9.36 Å². The lowest BCUT2D eigenvalue weighted by Crippen LogP contribution is -2.24. The first kappa shape index (κ1) is 19.2. The van der Waals surface area contributed by atoms with Crippen molar-refractivity contribution in [2.45, 2.75) is 23.9 Å². The number of nitrogens with zero attached hydrogens (tertiary/aromatic N) is 2. The Hall–Kier alpha value is -1.53. The number of thioether (sulfide) groups is 1. The largest absolute Gasteiger partial charge is 0.385 e.